The SMILES string of the molecule is Cc1[nH]c(/C=C2\C(=O)Nc3ncc(-c4csc(-c5ccccc5)n4)cc32)c(C)c1C(=O)N1CCN(C)CC1. The summed E-state index contributed by atoms with van der Waals surface area (Å²) in [5.41, 5.74) is 7.04. The van der Waals surface area contributed by atoms with E-state index in [4.69, 9.17) is 4.98 Å². The Balaban J connectivity index is 1.32. The van der Waals surface area contributed by atoms with Gasteiger partial charge in [-0.25, -0.2) is 9.97 Å². The lowest BCUT2D eigenvalue weighted by atomic mass is 10.0. The zero-order valence-corrected chi connectivity index (χ0v) is 22.4. The summed E-state index contributed by atoms with van der Waals surface area (Å²) in [6, 6.07) is 12.0. The number of aromatic nitrogens is 3. The molecule has 1 fully saturated rings. The van der Waals surface area contributed by atoms with Crippen molar-refractivity contribution in [3.05, 3.63) is 76.1 Å². The number of aromatic amines is 1. The van der Waals surface area contributed by atoms with Crippen LogP contribution in [0.15, 0.2) is 48.0 Å². The normalized spacial score (nSPS) is 16.7. The van der Waals surface area contributed by atoms with E-state index in [1.807, 2.05) is 66.6 Å². The first kappa shape index (κ1) is 24.3. The van der Waals surface area contributed by atoms with Gasteiger partial charge in [0.15, 0.2) is 0 Å². The van der Waals surface area contributed by atoms with Crippen molar-refractivity contribution in [2.75, 3.05) is 38.5 Å². The molecule has 2 N–H and O–H groups in total. The van der Waals surface area contributed by atoms with E-state index in [1.165, 1.54) is 0 Å². The molecule has 4 aromatic rings. The summed E-state index contributed by atoms with van der Waals surface area (Å²) in [6.45, 7) is 6.99. The summed E-state index contributed by atoms with van der Waals surface area (Å²) < 4.78 is 0. The molecule has 0 aliphatic carbocycles. The number of amides is 2. The van der Waals surface area contributed by atoms with Gasteiger partial charge in [-0.15, -0.1) is 11.3 Å². The van der Waals surface area contributed by atoms with Gasteiger partial charge in [-0.05, 0) is 38.6 Å². The van der Waals surface area contributed by atoms with Crippen LogP contribution in [0.3, 0.4) is 0 Å². The number of pyridine rings is 1. The van der Waals surface area contributed by atoms with E-state index in [-0.39, 0.29) is 11.8 Å². The molecule has 3 aromatic heterocycles. The van der Waals surface area contributed by atoms with Crippen LogP contribution in [0.5, 0.6) is 0 Å². The lowest BCUT2D eigenvalue weighted by Gasteiger charge is -2.32. The molecule has 0 saturated carbocycles. The number of carbonyl (C=O) groups is 2. The van der Waals surface area contributed by atoms with Gasteiger partial charge in [-0.3, -0.25) is 9.59 Å². The summed E-state index contributed by atoms with van der Waals surface area (Å²) in [6.07, 6.45) is 3.56. The number of thiazole rings is 1. The van der Waals surface area contributed by atoms with Crippen molar-refractivity contribution >= 4 is 40.6 Å². The van der Waals surface area contributed by atoms with E-state index in [0.717, 1.165) is 57.4 Å². The Morgan fingerprint density at radius 3 is 2.61 bits per heavy atom. The van der Waals surface area contributed by atoms with Crippen LogP contribution in [0.1, 0.15) is 32.9 Å². The topological polar surface area (TPSA) is 94.2 Å². The lowest BCUT2D eigenvalue weighted by molar-refractivity contribution is -0.110. The Kier molecular flexibility index (Phi) is 6.17. The average Bonchev–Trinajstić information content (AvgIpc) is 3.61. The number of anilines is 1. The average molecular weight is 525 g/mol. The monoisotopic (exact) mass is 524 g/mol. The van der Waals surface area contributed by atoms with Gasteiger partial charge in [0.25, 0.3) is 11.8 Å². The van der Waals surface area contributed by atoms with Gasteiger partial charge in [0.2, 0.25) is 0 Å². The number of benzene rings is 1. The number of H-pyrrole nitrogens is 1. The molecule has 0 radical (unpaired) electrons. The fraction of sp³-hybridized carbons (Fsp3) is 0.241. The van der Waals surface area contributed by atoms with Gasteiger partial charge >= 0.3 is 0 Å². The van der Waals surface area contributed by atoms with Crippen LogP contribution in [0.4, 0.5) is 5.82 Å². The summed E-state index contributed by atoms with van der Waals surface area (Å²) in [4.78, 5) is 43.1. The van der Waals surface area contributed by atoms with Crippen molar-refractivity contribution in [2.24, 2.45) is 0 Å². The van der Waals surface area contributed by atoms with E-state index in [9.17, 15) is 9.59 Å². The van der Waals surface area contributed by atoms with Crippen molar-refractivity contribution < 1.29 is 9.59 Å². The molecular weight excluding hydrogens is 496 g/mol. The van der Waals surface area contributed by atoms with Crippen molar-refractivity contribution in [3.8, 4) is 21.8 Å². The number of likely N-dealkylation sites (N-methyl/N-ethyl adjacent to an activating group) is 1. The van der Waals surface area contributed by atoms with E-state index >= 15 is 0 Å². The van der Waals surface area contributed by atoms with Gasteiger partial charge in [0, 0.05) is 65.8 Å². The second kappa shape index (κ2) is 9.66. The highest BCUT2D eigenvalue weighted by Crippen LogP contribution is 2.36. The number of fused-ring (bicyclic) bond motifs is 1. The molecule has 0 unspecified atom stereocenters. The van der Waals surface area contributed by atoms with Gasteiger partial charge in [0.05, 0.1) is 16.8 Å². The Labute approximate surface area is 225 Å². The maximum absolute atomic E-state index is 13.3. The van der Waals surface area contributed by atoms with Gasteiger partial charge in [0.1, 0.15) is 10.8 Å². The van der Waals surface area contributed by atoms with Crippen LogP contribution in [0.2, 0.25) is 0 Å². The number of nitrogens with zero attached hydrogens (tertiary/aromatic N) is 4. The minimum Gasteiger partial charge on any atom is -0.358 e. The molecule has 9 heteroatoms. The van der Waals surface area contributed by atoms with Crippen LogP contribution in [-0.4, -0.2) is 69.8 Å². The van der Waals surface area contributed by atoms with Crippen molar-refractivity contribution in [3.63, 3.8) is 0 Å². The molecule has 2 aliphatic heterocycles. The van der Waals surface area contributed by atoms with Crippen molar-refractivity contribution in [1.29, 1.82) is 0 Å². The standard InChI is InChI=1S/C29H28N6O2S/c1-17-23(31-18(2)25(17)29(37)35-11-9-34(3)10-12-35)14-22-21-13-20(15-30-26(21)33-27(22)36)24-16-38-28(32-24)19-7-5-4-6-8-19/h4-8,13-16,31H,9-12H2,1-3H3,(H,30,33,36)/b22-14-. The van der Waals surface area contributed by atoms with Gasteiger partial charge in [-0.2, -0.15) is 0 Å². The first-order valence-electron chi connectivity index (χ1n) is 12.6. The number of hydrogen-bond donors (Lipinski definition) is 2. The highest BCUT2D eigenvalue weighted by Gasteiger charge is 2.29. The van der Waals surface area contributed by atoms with Crippen LogP contribution >= 0.6 is 11.3 Å². The molecule has 2 amide bonds. The number of aryl methyl sites for hydroxylation is 1. The summed E-state index contributed by atoms with van der Waals surface area (Å²) in [5.74, 6) is 0.344. The largest absolute Gasteiger partial charge is 0.358 e. The van der Waals surface area contributed by atoms with Crippen LogP contribution < -0.4 is 5.32 Å². The predicted molar refractivity (Wildman–Crippen MR) is 151 cm³/mol. The molecule has 0 atom stereocenters. The highest BCUT2D eigenvalue weighted by atomic mass is 32.1. The molecule has 1 aromatic carbocycles. The summed E-state index contributed by atoms with van der Waals surface area (Å²) in [7, 11) is 2.07. The van der Waals surface area contributed by atoms with E-state index < -0.39 is 0 Å². The molecule has 38 heavy (non-hydrogen) atoms. The third kappa shape index (κ3) is 4.33. The molecular formula is C29H28N6O2S. The van der Waals surface area contributed by atoms with Crippen molar-refractivity contribution in [2.45, 2.75) is 13.8 Å². The van der Waals surface area contributed by atoms with E-state index in [0.29, 0.717) is 30.0 Å². The Morgan fingerprint density at radius 1 is 1.08 bits per heavy atom. The van der Waals surface area contributed by atoms with Gasteiger partial charge < -0.3 is 20.1 Å². The fourth-order valence-electron chi connectivity index (χ4n) is 5.02. The van der Waals surface area contributed by atoms with E-state index in [1.54, 1.807) is 17.5 Å². The molecule has 2 aliphatic rings. The third-order valence-corrected chi connectivity index (χ3v) is 8.14. The number of carbonyl (C=O) groups excluding carboxylic acids is 2. The molecule has 0 bridgehead atoms. The predicted octanol–water partition coefficient (Wildman–Crippen LogP) is 4.70. The second-order valence-corrected chi connectivity index (χ2v) is 10.7. The molecule has 8 nitrogen and oxygen atoms in total. The molecule has 1 saturated heterocycles. The maximum Gasteiger partial charge on any atom is 0.257 e. The molecule has 0 spiro atoms. The molecule has 6 rings (SSSR count). The second-order valence-electron chi connectivity index (χ2n) is 9.80. The summed E-state index contributed by atoms with van der Waals surface area (Å²) in [5, 5.41) is 5.81. The minimum absolute atomic E-state index is 0.0342. The quantitative estimate of drug-likeness (QED) is 0.378. The van der Waals surface area contributed by atoms with E-state index in [2.05, 4.69) is 27.2 Å². The van der Waals surface area contributed by atoms with Crippen LogP contribution in [0.25, 0.3) is 33.5 Å². The zero-order chi connectivity index (χ0) is 26.4. The Hall–Kier alpha value is -4.08. The first-order valence-corrected chi connectivity index (χ1v) is 13.5. The Bertz CT molecular complexity index is 1580. The van der Waals surface area contributed by atoms with Crippen LogP contribution in [0, 0.1) is 13.8 Å². The minimum atomic E-state index is -0.216. The smallest absolute Gasteiger partial charge is 0.257 e. The number of nitrogens with one attached hydrogen (secondary N) is 2. The lowest BCUT2D eigenvalue weighted by Crippen LogP contribution is -2.47. The van der Waals surface area contributed by atoms with Crippen LogP contribution in [-0.2, 0) is 4.79 Å². The zero-order valence-electron chi connectivity index (χ0n) is 21.5. The highest BCUT2D eigenvalue weighted by molar-refractivity contribution is 7.13. The van der Waals surface area contributed by atoms with Gasteiger partial charge in [-0.1, -0.05) is 30.3 Å². The summed E-state index contributed by atoms with van der Waals surface area (Å²) >= 11 is 1.58. The fourth-order valence-corrected chi connectivity index (χ4v) is 5.86. The third-order valence-electron chi connectivity index (χ3n) is 7.24. The number of rotatable bonds is 4. The molecule has 192 valence electrons. The first-order chi connectivity index (χ1) is 18.4. The molecule has 5 heterocycles. The maximum atomic E-state index is 13.3. The van der Waals surface area contributed by atoms with Crippen molar-refractivity contribution in [1.82, 2.24) is 24.8 Å². The Morgan fingerprint density at radius 2 is 1.84 bits per heavy atom. The number of piperazine rings is 1. The number of hydrogen-bond acceptors (Lipinski definition) is 6.